The molecule has 0 aliphatic carbocycles. The molecule has 0 aliphatic rings. The fraction of sp³-hybridized carbons (Fsp3) is 0.667. The zero-order chi connectivity index (χ0) is 15.9. The lowest BCUT2D eigenvalue weighted by atomic mass is 9.63. The van der Waals surface area contributed by atoms with Crippen LogP contribution in [0, 0.1) is 5.41 Å². The third-order valence-corrected chi connectivity index (χ3v) is 4.89. The van der Waals surface area contributed by atoms with E-state index in [0.717, 1.165) is 12.2 Å². The van der Waals surface area contributed by atoms with Gasteiger partial charge in [0.05, 0.1) is 13.2 Å². The molecule has 0 radical (unpaired) electrons. The number of nitrogens with two attached hydrogens (primary N) is 1. The topological polar surface area (TPSA) is 44.5 Å². The van der Waals surface area contributed by atoms with Crippen molar-refractivity contribution in [2.75, 3.05) is 26.4 Å². The molecule has 1 aromatic rings. The van der Waals surface area contributed by atoms with Gasteiger partial charge in [-0.05, 0) is 28.5 Å². The van der Waals surface area contributed by atoms with Crippen LogP contribution in [0.25, 0.3) is 0 Å². The van der Waals surface area contributed by atoms with Gasteiger partial charge in [-0.15, -0.1) is 12.4 Å². The molecule has 128 valence electrons. The minimum Gasteiger partial charge on any atom is -0.491 e. The predicted octanol–water partition coefficient (Wildman–Crippen LogP) is 4.18. The Bertz CT molecular complexity index is 433. The molecule has 4 heteroatoms. The minimum atomic E-state index is 0. The highest BCUT2D eigenvalue weighted by Crippen LogP contribution is 2.44. The summed E-state index contributed by atoms with van der Waals surface area (Å²) >= 11 is 0. The maximum Gasteiger partial charge on any atom is 0.119 e. The van der Waals surface area contributed by atoms with Gasteiger partial charge in [-0.2, -0.15) is 0 Å². The van der Waals surface area contributed by atoms with Crippen molar-refractivity contribution in [3.05, 3.63) is 29.8 Å². The molecule has 2 N–H and O–H groups in total. The van der Waals surface area contributed by atoms with Gasteiger partial charge in [-0.25, -0.2) is 0 Å². The first-order chi connectivity index (χ1) is 9.85. The first-order valence-electron chi connectivity index (χ1n) is 7.86. The molecule has 0 atom stereocenters. The second kappa shape index (κ2) is 9.39. The molecule has 0 saturated carbocycles. The number of hydrogen-bond donors (Lipinski definition) is 1. The lowest BCUT2D eigenvalue weighted by Crippen LogP contribution is -2.36. The van der Waals surface area contributed by atoms with Crippen LogP contribution in [-0.4, -0.2) is 26.4 Å². The van der Waals surface area contributed by atoms with Crippen molar-refractivity contribution < 1.29 is 9.47 Å². The molecule has 1 rings (SSSR count). The van der Waals surface area contributed by atoms with Crippen LogP contribution in [0.1, 0.15) is 46.6 Å². The van der Waals surface area contributed by atoms with Crippen LogP contribution >= 0.6 is 12.4 Å². The Balaban J connectivity index is 0.00000441. The molecule has 0 aromatic heterocycles. The normalized spacial score (nSPS) is 11.9. The Hall–Kier alpha value is -0.770. The van der Waals surface area contributed by atoms with Crippen molar-refractivity contribution in [3.63, 3.8) is 0 Å². The number of halogens is 1. The maximum absolute atomic E-state index is 5.77. The quantitative estimate of drug-likeness (QED) is 0.691. The monoisotopic (exact) mass is 329 g/mol. The standard InChI is InChI=1S/C18H31NO2.ClH/c1-6-17(2,3)18(4,5)15-8-7-9-16(14-15)21-13-12-20-11-10-19;/h7-9,14H,6,10-13,19H2,1-5H3;1H. The molecule has 22 heavy (non-hydrogen) atoms. The Morgan fingerprint density at radius 2 is 1.73 bits per heavy atom. The van der Waals surface area contributed by atoms with Crippen molar-refractivity contribution in [3.8, 4) is 5.75 Å². The molecule has 0 spiro atoms. The summed E-state index contributed by atoms with van der Waals surface area (Å²) in [5.41, 5.74) is 7.02. The van der Waals surface area contributed by atoms with E-state index in [0.29, 0.717) is 26.4 Å². The second-order valence-electron chi connectivity index (χ2n) is 6.64. The van der Waals surface area contributed by atoms with Gasteiger partial charge in [0.25, 0.3) is 0 Å². The SMILES string of the molecule is CCC(C)(C)C(C)(C)c1cccc(OCCOCCN)c1.Cl. The van der Waals surface area contributed by atoms with Crippen molar-refractivity contribution >= 4 is 12.4 Å². The highest BCUT2D eigenvalue weighted by molar-refractivity contribution is 5.85. The lowest BCUT2D eigenvalue weighted by Gasteiger charge is -2.42. The Morgan fingerprint density at radius 3 is 2.32 bits per heavy atom. The van der Waals surface area contributed by atoms with Gasteiger partial charge in [-0.1, -0.05) is 53.2 Å². The number of rotatable bonds is 9. The van der Waals surface area contributed by atoms with Crippen LogP contribution in [0.15, 0.2) is 24.3 Å². The lowest BCUT2D eigenvalue weighted by molar-refractivity contribution is 0.105. The third kappa shape index (κ3) is 5.45. The van der Waals surface area contributed by atoms with Crippen LogP contribution in [0.5, 0.6) is 5.75 Å². The van der Waals surface area contributed by atoms with Gasteiger partial charge in [0.2, 0.25) is 0 Å². The fourth-order valence-corrected chi connectivity index (χ4v) is 2.21. The first kappa shape index (κ1) is 21.2. The Labute approximate surface area is 142 Å². The van der Waals surface area contributed by atoms with Crippen LogP contribution in [0.4, 0.5) is 0 Å². The number of ether oxygens (including phenoxy) is 2. The van der Waals surface area contributed by atoms with E-state index in [2.05, 4.69) is 52.8 Å². The summed E-state index contributed by atoms with van der Waals surface area (Å²) < 4.78 is 11.1. The molecule has 0 amide bonds. The van der Waals surface area contributed by atoms with Crippen molar-refractivity contribution in [2.45, 2.75) is 46.5 Å². The van der Waals surface area contributed by atoms with Gasteiger partial charge in [0, 0.05) is 6.54 Å². The van der Waals surface area contributed by atoms with Gasteiger partial charge >= 0.3 is 0 Å². The zero-order valence-electron chi connectivity index (χ0n) is 14.6. The molecule has 0 fully saturated rings. The van der Waals surface area contributed by atoms with Crippen LogP contribution in [-0.2, 0) is 10.2 Å². The van der Waals surface area contributed by atoms with Gasteiger partial charge in [0.15, 0.2) is 0 Å². The molecule has 0 aliphatic heterocycles. The summed E-state index contributed by atoms with van der Waals surface area (Å²) in [5.74, 6) is 0.906. The summed E-state index contributed by atoms with van der Waals surface area (Å²) in [5, 5.41) is 0. The molecule has 0 saturated heterocycles. The van der Waals surface area contributed by atoms with Crippen molar-refractivity contribution in [1.82, 2.24) is 0 Å². The van der Waals surface area contributed by atoms with E-state index in [-0.39, 0.29) is 23.2 Å². The van der Waals surface area contributed by atoms with Gasteiger partial charge in [0.1, 0.15) is 12.4 Å². The van der Waals surface area contributed by atoms with E-state index in [1.54, 1.807) is 0 Å². The Morgan fingerprint density at radius 1 is 1.05 bits per heavy atom. The van der Waals surface area contributed by atoms with Crippen LogP contribution in [0.2, 0.25) is 0 Å². The van der Waals surface area contributed by atoms with Gasteiger partial charge < -0.3 is 15.2 Å². The first-order valence-corrected chi connectivity index (χ1v) is 7.86. The molecule has 0 heterocycles. The average Bonchev–Trinajstić information content (AvgIpc) is 2.47. The van der Waals surface area contributed by atoms with E-state index in [4.69, 9.17) is 15.2 Å². The minimum absolute atomic E-state index is 0. The summed E-state index contributed by atoms with van der Waals surface area (Å²) in [6, 6.07) is 8.41. The molecular formula is C18H32ClNO2. The summed E-state index contributed by atoms with van der Waals surface area (Å²) in [7, 11) is 0. The fourth-order valence-electron chi connectivity index (χ4n) is 2.21. The highest BCUT2D eigenvalue weighted by Gasteiger charge is 2.36. The third-order valence-electron chi connectivity index (χ3n) is 4.89. The van der Waals surface area contributed by atoms with E-state index in [1.165, 1.54) is 5.56 Å². The highest BCUT2D eigenvalue weighted by atomic mass is 35.5. The van der Waals surface area contributed by atoms with E-state index >= 15 is 0 Å². The van der Waals surface area contributed by atoms with E-state index < -0.39 is 0 Å². The van der Waals surface area contributed by atoms with Crippen LogP contribution < -0.4 is 10.5 Å². The van der Waals surface area contributed by atoms with Crippen LogP contribution in [0.3, 0.4) is 0 Å². The molecule has 1 aromatic carbocycles. The molecule has 0 bridgehead atoms. The van der Waals surface area contributed by atoms with E-state index in [1.807, 2.05) is 6.07 Å². The zero-order valence-corrected chi connectivity index (χ0v) is 15.5. The predicted molar refractivity (Wildman–Crippen MR) is 96.2 cm³/mol. The summed E-state index contributed by atoms with van der Waals surface area (Å²) in [4.78, 5) is 0. The smallest absolute Gasteiger partial charge is 0.119 e. The summed E-state index contributed by atoms with van der Waals surface area (Å²) in [6.07, 6.45) is 1.14. The maximum atomic E-state index is 5.77. The van der Waals surface area contributed by atoms with Crippen molar-refractivity contribution in [2.24, 2.45) is 11.1 Å². The largest absolute Gasteiger partial charge is 0.491 e. The van der Waals surface area contributed by atoms with Crippen molar-refractivity contribution in [1.29, 1.82) is 0 Å². The molecular weight excluding hydrogens is 298 g/mol. The second-order valence-corrected chi connectivity index (χ2v) is 6.64. The van der Waals surface area contributed by atoms with E-state index in [9.17, 15) is 0 Å². The number of benzene rings is 1. The summed E-state index contributed by atoms with van der Waals surface area (Å²) in [6.45, 7) is 13.8. The average molecular weight is 330 g/mol. The Kier molecular flexibility index (Phi) is 9.06. The number of hydrogen-bond acceptors (Lipinski definition) is 3. The molecule has 3 nitrogen and oxygen atoms in total. The molecule has 0 unspecified atom stereocenters. The van der Waals surface area contributed by atoms with Gasteiger partial charge in [-0.3, -0.25) is 0 Å².